The first-order valence-electron chi connectivity index (χ1n) is 8.14. The Morgan fingerprint density at radius 1 is 1.25 bits per heavy atom. The normalized spacial score (nSPS) is 14.1. The summed E-state index contributed by atoms with van der Waals surface area (Å²) < 4.78 is 1.47. The highest BCUT2D eigenvalue weighted by Gasteiger charge is 2.21. The van der Waals surface area contributed by atoms with Gasteiger partial charge in [-0.2, -0.15) is 0 Å². The predicted molar refractivity (Wildman–Crippen MR) is 98.6 cm³/mol. The summed E-state index contributed by atoms with van der Waals surface area (Å²) in [6, 6.07) is 1.91. The molecular weight excluding hydrogens is 340 g/mol. The van der Waals surface area contributed by atoms with Crippen molar-refractivity contribution in [3.05, 3.63) is 48.5 Å². The zero-order valence-corrected chi connectivity index (χ0v) is 15.4. The average molecular weight is 358 g/mol. The van der Waals surface area contributed by atoms with Gasteiger partial charge in [-0.15, -0.1) is 22.7 Å². The zero-order valence-electron chi connectivity index (χ0n) is 13.7. The molecule has 0 saturated heterocycles. The molecule has 0 spiro atoms. The van der Waals surface area contributed by atoms with Crippen LogP contribution >= 0.6 is 22.7 Å². The molecule has 4 rings (SSSR count). The maximum Gasteiger partial charge on any atom is 0.262 e. The predicted octanol–water partition coefficient (Wildman–Crippen LogP) is 3.90. The second-order valence-electron chi connectivity index (χ2n) is 6.32. The lowest BCUT2D eigenvalue weighted by molar-refractivity contribution is 0.0970. The Hall–Kier alpha value is -1.79. The molecule has 24 heavy (non-hydrogen) atoms. The molecule has 0 atom stereocenters. The number of rotatable bonds is 3. The lowest BCUT2D eigenvalue weighted by Gasteiger charge is -2.10. The van der Waals surface area contributed by atoms with Crippen LogP contribution in [-0.4, -0.2) is 15.3 Å². The molecular formula is C18H18N2O2S2. The van der Waals surface area contributed by atoms with Crippen molar-refractivity contribution in [3.63, 3.8) is 0 Å². The van der Waals surface area contributed by atoms with E-state index in [9.17, 15) is 9.59 Å². The summed E-state index contributed by atoms with van der Waals surface area (Å²) in [4.78, 5) is 34.2. The van der Waals surface area contributed by atoms with Crippen LogP contribution in [0.25, 0.3) is 10.2 Å². The fourth-order valence-electron chi connectivity index (χ4n) is 3.44. The van der Waals surface area contributed by atoms with Gasteiger partial charge in [-0.05, 0) is 51.2 Å². The Kier molecular flexibility index (Phi) is 3.89. The minimum absolute atomic E-state index is 0.0239. The smallest absolute Gasteiger partial charge is 0.262 e. The summed E-state index contributed by atoms with van der Waals surface area (Å²) >= 11 is 3.25. The van der Waals surface area contributed by atoms with Crippen molar-refractivity contribution < 1.29 is 4.79 Å². The van der Waals surface area contributed by atoms with Crippen LogP contribution in [0.2, 0.25) is 0 Å². The van der Waals surface area contributed by atoms with Gasteiger partial charge in [0.05, 0.1) is 18.3 Å². The van der Waals surface area contributed by atoms with Crippen molar-refractivity contribution in [2.45, 2.75) is 46.1 Å². The summed E-state index contributed by atoms with van der Waals surface area (Å²) in [6.45, 7) is 4.00. The number of nitrogens with zero attached hydrogens (tertiary/aromatic N) is 2. The van der Waals surface area contributed by atoms with Gasteiger partial charge in [-0.25, -0.2) is 4.98 Å². The first-order chi connectivity index (χ1) is 11.5. The second-order valence-corrected chi connectivity index (χ2v) is 8.86. The molecule has 0 fully saturated rings. The third kappa shape index (κ3) is 2.54. The van der Waals surface area contributed by atoms with Crippen LogP contribution in [0, 0.1) is 13.8 Å². The summed E-state index contributed by atoms with van der Waals surface area (Å²) in [5.74, 6) is -0.0239. The van der Waals surface area contributed by atoms with E-state index < -0.39 is 0 Å². The Labute approximate surface area is 147 Å². The van der Waals surface area contributed by atoms with Crippen LogP contribution in [-0.2, 0) is 19.4 Å². The molecule has 0 saturated carbocycles. The summed E-state index contributed by atoms with van der Waals surface area (Å²) in [7, 11) is 0. The van der Waals surface area contributed by atoms with E-state index in [2.05, 4.69) is 4.98 Å². The Bertz CT molecular complexity index is 1010. The fraction of sp³-hybridized carbons (Fsp3) is 0.389. The van der Waals surface area contributed by atoms with Crippen LogP contribution in [0.15, 0.2) is 17.2 Å². The Morgan fingerprint density at radius 2 is 2.04 bits per heavy atom. The van der Waals surface area contributed by atoms with Crippen LogP contribution < -0.4 is 5.56 Å². The first-order valence-corrected chi connectivity index (χ1v) is 9.78. The van der Waals surface area contributed by atoms with E-state index in [1.165, 1.54) is 27.8 Å². The van der Waals surface area contributed by atoms with Gasteiger partial charge in [-0.3, -0.25) is 14.2 Å². The maximum atomic E-state index is 12.9. The number of thiophene rings is 2. The van der Waals surface area contributed by atoms with Gasteiger partial charge in [0.2, 0.25) is 0 Å². The highest BCUT2D eigenvalue weighted by Crippen LogP contribution is 2.33. The Balaban J connectivity index is 1.75. The van der Waals surface area contributed by atoms with Crippen molar-refractivity contribution in [2.24, 2.45) is 0 Å². The molecule has 0 N–H and O–H groups in total. The van der Waals surface area contributed by atoms with Crippen molar-refractivity contribution in [1.82, 2.24) is 9.55 Å². The molecule has 0 aliphatic heterocycles. The molecule has 0 unspecified atom stereocenters. The van der Waals surface area contributed by atoms with E-state index in [0.29, 0.717) is 0 Å². The van der Waals surface area contributed by atoms with Crippen LogP contribution in [0.4, 0.5) is 0 Å². The number of carbonyl (C=O) groups excluding carboxylic acids is 1. The molecule has 0 bridgehead atoms. The summed E-state index contributed by atoms with van der Waals surface area (Å²) in [6.07, 6.45) is 5.83. The second kappa shape index (κ2) is 5.93. The topological polar surface area (TPSA) is 52.0 Å². The van der Waals surface area contributed by atoms with Crippen molar-refractivity contribution in [2.75, 3.05) is 0 Å². The third-order valence-corrected chi connectivity index (χ3v) is 6.76. The number of aromatic nitrogens is 2. The van der Waals surface area contributed by atoms with E-state index in [1.807, 2.05) is 19.9 Å². The number of aryl methyl sites for hydroxylation is 4. The molecule has 6 heteroatoms. The molecule has 0 radical (unpaired) electrons. The largest absolute Gasteiger partial charge is 0.292 e. The van der Waals surface area contributed by atoms with E-state index in [-0.39, 0.29) is 17.9 Å². The number of fused-ring (bicyclic) bond motifs is 3. The molecule has 1 aliphatic rings. The van der Waals surface area contributed by atoms with E-state index >= 15 is 0 Å². The third-order valence-electron chi connectivity index (χ3n) is 4.60. The number of Topliss-reactive ketones (excluding diaryl/α,β-unsaturated/α-hetero) is 1. The van der Waals surface area contributed by atoms with E-state index in [4.69, 9.17) is 0 Å². The highest BCUT2D eigenvalue weighted by molar-refractivity contribution is 7.18. The minimum Gasteiger partial charge on any atom is -0.292 e. The first kappa shape index (κ1) is 15.7. The van der Waals surface area contributed by atoms with Gasteiger partial charge < -0.3 is 0 Å². The monoisotopic (exact) mass is 358 g/mol. The lowest BCUT2D eigenvalue weighted by Crippen LogP contribution is -2.25. The molecule has 0 amide bonds. The number of carbonyl (C=O) groups is 1. The van der Waals surface area contributed by atoms with Gasteiger partial charge in [-0.1, -0.05) is 0 Å². The van der Waals surface area contributed by atoms with Gasteiger partial charge in [0.1, 0.15) is 4.83 Å². The van der Waals surface area contributed by atoms with E-state index in [1.54, 1.807) is 22.7 Å². The molecule has 3 aromatic heterocycles. The van der Waals surface area contributed by atoms with Gasteiger partial charge in [0.15, 0.2) is 5.78 Å². The molecule has 0 aromatic carbocycles. The van der Waals surface area contributed by atoms with Crippen LogP contribution in [0.5, 0.6) is 0 Å². The van der Waals surface area contributed by atoms with Crippen molar-refractivity contribution in [1.29, 1.82) is 0 Å². The number of hydrogen-bond acceptors (Lipinski definition) is 5. The quantitative estimate of drug-likeness (QED) is 0.667. The summed E-state index contributed by atoms with van der Waals surface area (Å²) in [5.41, 5.74) is 1.82. The van der Waals surface area contributed by atoms with Crippen molar-refractivity contribution in [3.8, 4) is 0 Å². The average Bonchev–Trinajstić information content (AvgIpc) is 3.10. The molecule has 3 aromatic rings. The van der Waals surface area contributed by atoms with Crippen LogP contribution in [0.3, 0.4) is 0 Å². The van der Waals surface area contributed by atoms with Crippen LogP contribution in [0.1, 0.15) is 43.4 Å². The van der Waals surface area contributed by atoms with Gasteiger partial charge in [0.25, 0.3) is 5.56 Å². The molecule has 3 heterocycles. The Morgan fingerprint density at radius 3 is 2.79 bits per heavy atom. The van der Waals surface area contributed by atoms with E-state index in [0.717, 1.165) is 44.8 Å². The summed E-state index contributed by atoms with van der Waals surface area (Å²) in [5, 5.41) is 0.739. The SMILES string of the molecule is Cc1cc(C(=O)Cn2cnc3sc4c(c3c2=O)CCCC4)c(C)s1. The van der Waals surface area contributed by atoms with Gasteiger partial charge in [0, 0.05) is 20.2 Å². The standard InChI is InChI=1S/C18H18N2O2S2/c1-10-7-13(11(2)23-10)14(21)8-20-9-19-17-16(18(20)22)12-5-3-4-6-15(12)24-17/h7,9H,3-6,8H2,1-2H3. The molecule has 1 aliphatic carbocycles. The lowest BCUT2D eigenvalue weighted by atomic mass is 9.97. The molecule has 4 nitrogen and oxygen atoms in total. The fourth-order valence-corrected chi connectivity index (χ4v) is 5.60. The number of hydrogen-bond donors (Lipinski definition) is 0. The van der Waals surface area contributed by atoms with Gasteiger partial charge >= 0.3 is 0 Å². The highest BCUT2D eigenvalue weighted by atomic mass is 32.1. The minimum atomic E-state index is -0.0719. The number of ketones is 1. The molecule has 124 valence electrons. The zero-order chi connectivity index (χ0) is 16.8. The maximum absolute atomic E-state index is 12.9. The van der Waals surface area contributed by atoms with Crippen molar-refractivity contribution >= 4 is 38.7 Å².